The Labute approximate surface area is 154 Å². The predicted octanol–water partition coefficient (Wildman–Crippen LogP) is 3.84. The van der Waals surface area contributed by atoms with Crippen LogP contribution >= 0.6 is 11.3 Å². The summed E-state index contributed by atoms with van der Waals surface area (Å²) < 4.78 is 14.8. The molecule has 0 saturated heterocycles. The van der Waals surface area contributed by atoms with Gasteiger partial charge in [-0.2, -0.15) is 10.4 Å². The van der Waals surface area contributed by atoms with Gasteiger partial charge in [-0.15, -0.1) is 11.3 Å². The number of hydrogen-bond acceptors (Lipinski definition) is 4. The first-order valence-electron chi connectivity index (χ1n) is 7.75. The molecule has 7 heteroatoms. The molecule has 0 fully saturated rings. The molecule has 0 aliphatic carbocycles. The van der Waals surface area contributed by atoms with E-state index in [4.69, 9.17) is 5.26 Å². The van der Waals surface area contributed by atoms with Crippen LogP contribution in [0, 0.1) is 24.1 Å². The van der Waals surface area contributed by atoms with Gasteiger partial charge in [-0.1, -0.05) is 12.1 Å². The van der Waals surface area contributed by atoms with Crippen LogP contribution in [-0.4, -0.2) is 16.7 Å². The molecular formula is C19H15FN4OS. The van der Waals surface area contributed by atoms with Gasteiger partial charge in [0.25, 0.3) is 5.91 Å². The second-order valence-electron chi connectivity index (χ2n) is 5.61. The number of nitriles is 1. The van der Waals surface area contributed by atoms with Crippen LogP contribution in [0.1, 0.15) is 26.6 Å². The monoisotopic (exact) mass is 366 g/mol. The summed E-state index contributed by atoms with van der Waals surface area (Å²) in [6.07, 6.45) is 1.52. The molecule has 1 amide bonds. The zero-order valence-electron chi connectivity index (χ0n) is 14.2. The molecule has 1 aromatic carbocycles. The number of carbonyl (C=O) groups is 1. The van der Waals surface area contributed by atoms with E-state index in [-0.39, 0.29) is 11.7 Å². The number of aromatic nitrogens is 1. The zero-order chi connectivity index (χ0) is 18.7. The number of amides is 1. The Bertz CT molecular complexity index is 1020. The molecule has 0 radical (unpaired) electrons. The third-order valence-corrected chi connectivity index (χ3v) is 5.15. The first kappa shape index (κ1) is 17.6. The van der Waals surface area contributed by atoms with Gasteiger partial charge in [0.2, 0.25) is 0 Å². The minimum Gasteiger partial charge on any atom is -0.339 e. The van der Waals surface area contributed by atoms with Crippen molar-refractivity contribution in [3.05, 3.63) is 70.1 Å². The average Bonchev–Trinajstić information content (AvgIpc) is 3.23. The molecule has 0 aliphatic heterocycles. The fraction of sp³-hybridized carbons (Fsp3) is 0.105. The average molecular weight is 366 g/mol. The van der Waals surface area contributed by atoms with Gasteiger partial charge in [0.15, 0.2) is 0 Å². The minimum atomic E-state index is -0.325. The smallest absolute Gasteiger partial charge is 0.281 e. The lowest BCUT2D eigenvalue weighted by Crippen LogP contribution is -2.16. The molecule has 0 spiro atoms. The number of halogens is 1. The zero-order valence-corrected chi connectivity index (χ0v) is 15.0. The molecule has 26 heavy (non-hydrogen) atoms. The van der Waals surface area contributed by atoms with Crippen LogP contribution < -0.4 is 5.43 Å². The van der Waals surface area contributed by atoms with Crippen molar-refractivity contribution in [3.63, 3.8) is 0 Å². The molecule has 0 bridgehead atoms. The Morgan fingerprint density at radius 2 is 2.04 bits per heavy atom. The van der Waals surface area contributed by atoms with Crippen LogP contribution in [0.25, 0.3) is 10.4 Å². The lowest BCUT2D eigenvalue weighted by Gasteiger charge is -1.98. The van der Waals surface area contributed by atoms with Gasteiger partial charge < -0.3 is 4.57 Å². The van der Waals surface area contributed by atoms with Gasteiger partial charge in [0.05, 0.1) is 11.1 Å². The molecule has 3 rings (SSSR count). The van der Waals surface area contributed by atoms with E-state index in [1.54, 1.807) is 35.9 Å². The molecule has 130 valence electrons. The maximum absolute atomic E-state index is 13.0. The largest absolute Gasteiger partial charge is 0.339 e. The number of rotatable bonds is 4. The van der Waals surface area contributed by atoms with Crippen molar-refractivity contribution in [2.24, 2.45) is 12.1 Å². The Kier molecular flexibility index (Phi) is 4.96. The van der Waals surface area contributed by atoms with E-state index in [0.29, 0.717) is 10.6 Å². The van der Waals surface area contributed by atoms with Gasteiger partial charge in [0, 0.05) is 23.2 Å². The number of nitrogens with zero attached hydrogens (tertiary/aromatic N) is 3. The second kappa shape index (κ2) is 7.33. The lowest BCUT2D eigenvalue weighted by molar-refractivity contribution is 0.0959. The fourth-order valence-electron chi connectivity index (χ4n) is 2.41. The van der Waals surface area contributed by atoms with Crippen molar-refractivity contribution >= 4 is 23.5 Å². The van der Waals surface area contributed by atoms with Crippen molar-refractivity contribution in [2.45, 2.75) is 6.92 Å². The first-order valence-corrected chi connectivity index (χ1v) is 8.57. The lowest BCUT2D eigenvalue weighted by atomic mass is 10.2. The number of hydrogen-bond donors (Lipinski definition) is 1. The standard InChI is InChI=1S/C19H15FN4OS/c1-12-14(9-16(10-21)24(12)2)11-22-23-19(25)18-8-7-17(26-18)13-3-5-15(20)6-4-13/h3-9,11H,1-2H3,(H,23,25)/b22-11-. The highest BCUT2D eigenvalue weighted by molar-refractivity contribution is 7.17. The molecule has 0 unspecified atom stereocenters. The third-order valence-electron chi connectivity index (χ3n) is 4.02. The van der Waals surface area contributed by atoms with E-state index < -0.39 is 0 Å². The molecule has 0 atom stereocenters. The summed E-state index contributed by atoms with van der Waals surface area (Å²) in [6, 6.07) is 13.4. The summed E-state index contributed by atoms with van der Waals surface area (Å²) in [5, 5.41) is 13.0. The van der Waals surface area contributed by atoms with Gasteiger partial charge in [-0.05, 0) is 42.8 Å². The Morgan fingerprint density at radius 1 is 1.31 bits per heavy atom. The molecule has 3 aromatic rings. The molecule has 1 N–H and O–H groups in total. The molecule has 5 nitrogen and oxygen atoms in total. The summed E-state index contributed by atoms with van der Waals surface area (Å²) in [5.74, 6) is -0.623. The SMILES string of the molecule is Cc1c(/C=N\NC(=O)c2ccc(-c3ccc(F)cc3)s2)cc(C#N)n1C. The number of benzene rings is 1. The molecule has 0 saturated carbocycles. The maximum Gasteiger partial charge on any atom is 0.281 e. The normalized spacial score (nSPS) is 10.8. The maximum atomic E-state index is 13.0. The van der Waals surface area contributed by atoms with E-state index in [2.05, 4.69) is 16.6 Å². The van der Waals surface area contributed by atoms with Crippen LogP contribution in [0.4, 0.5) is 4.39 Å². The van der Waals surface area contributed by atoms with Gasteiger partial charge >= 0.3 is 0 Å². The van der Waals surface area contributed by atoms with E-state index in [0.717, 1.165) is 21.7 Å². The quantitative estimate of drug-likeness (QED) is 0.563. The summed E-state index contributed by atoms with van der Waals surface area (Å²) in [7, 11) is 1.80. The summed E-state index contributed by atoms with van der Waals surface area (Å²) in [4.78, 5) is 13.6. The van der Waals surface area contributed by atoms with Crippen molar-refractivity contribution in [1.29, 1.82) is 5.26 Å². The summed E-state index contributed by atoms with van der Waals surface area (Å²) in [5.41, 5.74) is 5.51. The van der Waals surface area contributed by atoms with Crippen LogP contribution in [-0.2, 0) is 7.05 Å². The Hall–Kier alpha value is -3.24. The Balaban J connectivity index is 1.69. The van der Waals surface area contributed by atoms with E-state index in [1.165, 1.54) is 29.7 Å². The van der Waals surface area contributed by atoms with Crippen LogP contribution in [0.3, 0.4) is 0 Å². The van der Waals surface area contributed by atoms with Gasteiger partial charge in [-0.25, -0.2) is 9.82 Å². The first-order chi connectivity index (χ1) is 12.5. The van der Waals surface area contributed by atoms with Crippen LogP contribution in [0.5, 0.6) is 0 Å². The van der Waals surface area contributed by atoms with Gasteiger partial charge in [-0.3, -0.25) is 4.79 Å². The second-order valence-corrected chi connectivity index (χ2v) is 6.69. The number of carbonyl (C=O) groups excluding carboxylic acids is 1. The number of thiophene rings is 1. The van der Waals surface area contributed by atoms with E-state index in [9.17, 15) is 9.18 Å². The highest BCUT2D eigenvalue weighted by Crippen LogP contribution is 2.28. The summed E-state index contributed by atoms with van der Waals surface area (Å²) in [6.45, 7) is 1.87. The van der Waals surface area contributed by atoms with Crippen molar-refractivity contribution in [3.8, 4) is 16.5 Å². The summed E-state index contributed by atoms with van der Waals surface area (Å²) >= 11 is 1.30. The third kappa shape index (κ3) is 3.55. The molecule has 2 aromatic heterocycles. The fourth-order valence-corrected chi connectivity index (χ4v) is 3.31. The van der Waals surface area contributed by atoms with E-state index in [1.807, 2.05) is 13.0 Å². The van der Waals surface area contributed by atoms with Gasteiger partial charge in [0.1, 0.15) is 17.6 Å². The Morgan fingerprint density at radius 3 is 2.69 bits per heavy atom. The van der Waals surface area contributed by atoms with Crippen LogP contribution in [0.15, 0.2) is 47.6 Å². The molecular weight excluding hydrogens is 351 g/mol. The number of nitrogens with one attached hydrogen (secondary N) is 1. The molecule has 0 aliphatic rings. The highest BCUT2D eigenvalue weighted by Gasteiger charge is 2.10. The van der Waals surface area contributed by atoms with Crippen molar-refractivity contribution in [2.75, 3.05) is 0 Å². The number of hydrazone groups is 1. The van der Waals surface area contributed by atoms with Crippen molar-refractivity contribution in [1.82, 2.24) is 9.99 Å². The topological polar surface area (TPSA) is 70.2 Å². The van der Waals surface area contributed by atoms with Crippen LogP contribution in [0.2, 0.25) is 0 Å². The van der Waals surface area contributed by atoms with Crippen molar-refractivity contribution < 1.29 is 9.18 Å². The highest BCUT2D eigenvalue weighted by atomic mass is 32.1. The predicted molar refractivity (Wildman–Crippen MR) is 99.6 cm³/mol. The van der Waals surface area contributed by atoms with E-state index >= 15 is 0 Å². The molecule has 2 heterocycles. The minimum absolute atomic E-state index is 0.298.